The molecular formula is C14H25ClN2. The molecule has 0 radical (unpaired) electrons. The highest BCUT2D eigenvalue weighted by Crippen LogP contribution is 2.04. The third-order valence-electron chi connectivity index (χ3n) is 2.99. The van der Waals surface area contributed by atoms with Crippen molar-refractivity contribution in [2.24, 2.45) is 0 Å². The maximum absolute atomic E-state index is 3.52. The van der Waals surface area contributed by atoms with Crippen molar-refractivity contribution in [3.8, 4) is 0 Å². The second kappa shape index (κ2) is 8.51. The van der Waals surface area contributed by atoms with Gasteiger partial charge in [0.1, 0.15) is 0 Å². The zero-order valence-electron chi connectivity index (χ0n) is 11.4. The van der Waals surface area contributed by atoms with Gasteiger partial charge in [0.15, 0.2) is 0 Å². The number of nitrogens with zero attached hydrogens (tertiary/aromatic N) is 1. The van der Waals surface area contributed by atoms with Gasteiger partial charge in [0.25, 0.3) is 0 Å². The molecule has 0 heterocycles. The fraction of sp³-hybridized carbons (Fsp3) is 0.571. The SMILES string of the molecule is CCC(CNCc1cccc(C)c1)N(C)C.Cl. The summed E-state index contributed by atoms with van der Waals surface area (Å²) in [5, 5.41) is 3.52. The van der Waals surface area contributed by atoms with Crippen LogP contribution >= 0.6 is 12.4 Å². The van der Waals surface area contributed by atoms with Crippen LogP contribution < -0.4 is 5.32 Å². The van der Waals surface area contributed by atoms with E-state index in [0.29, 0.717) is 6.04 Å². The number of halogens is 1. The first-order valence-electron chi connectivity index (χ1n) is 6.06. The Labute approximate surface area is 112 Å². The van der Waals surface area contributed by atoms with Crippen molar-refractivity contribution >= 4 is 12.4 Å². The Bertz CT molecular complexity index is 313. The van der Waals surface area contributed by atoms with Crippen LogP contribution in [0.2, 0.25) is 0 Å². The number of hydrogen-bond acceptors (Lipinski definition) is 2. The van der Waals surface area contributed by atoms with E-state index >= 15 is 0 Å². The molecule has 98 valence electrons. The molecule has 1 aromatic carbocycles. The zero-order valence-corrected chi connectivity index (χ0v) is 12.2. The van der Waals surface area contributed by atoms with Gasteiger partial charge in [-0.15, -0.1) is 12.4 Å². The van der Waals surface area contributed by atoms with Crippen LogP contribution in [0.4, 0.5) is 0 Å². The Morgan fingerprint density at radius 3 is 2.53 bits per heavy atom. The standard InChI is InChI=1S/C14H24N2.ClH/c1-5-14(16(3)4)11-15-10-13-8-6-7-12(2)9-13;/h6-9,14-15H,5,10-11H2,1-4H3;1H. The van der Waals surface area contributed by atoms with Gasteiger partial charge in [-0.2, -0.15) is 0 Å². The summed E-state index contributed by atoms with van der Waals surface area (Å²) in [5.41, 5.74) is 2.70. The average Bonchev–Trinajstić information content (AvgIpc) is 2.24. The lowest BCUT2D eigenvalue weighted by molar-refractivity contribution is 0.276. The average molecular weight is 257 g/mol. The van der Waals surface area contributed by atoms with E-state index in [1.54, 1.807) is 0 Å². The molecule has 0 aliphatic carbocycles. The summed E-state index contributed by atoms with van der Waals surface area (Å²) in [6.45, 7) is 6.39. The monoisotopic (exact) mass is 256 g/mol. The highest BCUT2D eigenvalue weighted by atomic mass is 35.5. The topological polar surface area (TPSA) is 15.3 Å². The second-order valence-corrected chi connectivity index (χ2v) is 4.65. The summed E-state index contributed by atoms with van der Waals surface area (Å²) in [6.07, 6.45) is 1.19. The number of nitrogens with one attached hydrogen (secondary N) is 1. The lowest BCUT2D eigenvalue weighted by Crippen LogP contribution is -2.37. The molecule has 0 spiro atoms. The molecule has 17 heavy (non-hydrogen) atoms. The van der Waals surface area contributed by atoms with Gasteiger partial charge in [0.2, 0.25) is 0 Å². The van der Waals surface area contributed by atoms with E-state index in [4.69, 9.17) is 0 Å². The van der Waals surface area contributed by atoms with E-state index in [1.807, 2.05) is 0 Å². The number of aryl methyl sites for hydroxylation is 1. The maximum Gasteiger partial charge on any atom is 0.0212 e. The first-order valence-corrected chi connectivity index (χ1v) is 6.06. The first kappa shape index (κ1) is 16.4. The molecule has 1 unspecified atom stereocenters. The van der Waals surface area contributed by atoms with Gasteiger partial charge in [-0.1, -0.05) is 36.8 Å². The minimum atomic E-state index is 0. The second-order valence-electron chi connectivity index (χ2n) is 4.65. The third-order valence-corrected chi connectivity index (χ3v) is 2.99. The summed E-state index contributed by atoms with van der Waals surface area (Å²) in [7, 11) is 4.28. The molecule has 0 amide bonds. The number of hydrogen-bond donors (Lipinski definition) is 1. The van der Waals surface area contributed by atoms with Gasteiger partial charge in [0, 0.05) is 19.1 Å². The molecule has 0 aliphatic heterocycles. The Morgan fingerprint density at radius 2 is 2.00 bits per heavy atom. The van der Waals surface area contributed by atoms with Gasteiger partial charge in [-0.25, -0.2) is 0 Å². The van der Waals surface area contributed by atoms with Crippen LogP contribution in [0.1, 0.15) is 24.5 Å². The predicted octanol–water partition coefficient (Wildman–Crippen LogP) is 2.85. The Hall–Kier alpha value is -0.570. The van der Waals surface area contributed by atoms with Crippen LogP contribution in [-0.4, -0.2) is 31.6 Å². The zero-order chi connectivity index (χ0) is 12.0. The fourth-order valence-corrected chi connectivity index (χ4v) is 1.90. The summed E-state index contributed by atoms with van der Waals surface area (Å²) < 4.78 is 0. The van der Waals surface area contributed by atoms with Crippen LogP contribution in [0.15, 0.2) is 24.3 Å². The summed E-state index contributed by atoms with van der Waals surface area (Å²) in [6, 6.07) is 9.30. The fourth-order valence-electron chi connectivity index (χ4n) is 1.90. The van der Waals surface area contributed by atoms with Crippen molar-refractivity contribution in [2.75, 3.05) is 20.6 Å². The van der Waals surface area contributed by atoms with Crippen molar-refractivity contribution in [3.05, 3.63) is 35.4 Å². The molecule has 2 nitrogen and oxygen atoms in total. The van der Waals surface area contributed by atoms with Gasteiger partial charge >= 0.3 is 0 Å². The van der Waals surface area contributed by atoms with Crippen LogP contribution in [-0.2, 0) is 6.54 Å². The van der Waals surface area contributed by atoms with E-state index in [0.717, 1.165) is 13.1 Å². The Balaban J connectivity index is 0.00000256. The molecule has 0 fully saturated rings. The Morgan fingerprint density at radius 1 is 1.29 bits per heavy atom. The molecule has 3 heteroatoms. The van der Waals surface area contributed by atoms with E-state index in [9.17, 15) is 0 Å². The molecule has 0 aromatic heterocycles. The highest BCUT2D eigenvalue weighted by Gasteiger charge is 2.07. The quantitative estimate of drug-likeness (QED) is 0.842. The van der Waals surface area contributed by atoms with Gasteiger partial charge in [0.05, 0.1) is 0 Å². The highest BCUT2D eigenvalue weighted by molar-refractivity contribution is 5.85. The molecule has 0 aliphatic rings. The van der Waals surface area contributed by atoms with Gasteiger partial charge < -0.3 is 10.2 Å². The Kier molecular flexibility index (Phi) is 8.23. The van der Waals surface area contributed by atoms with Crippen LogP contribution in [0.3, 0.4) is 0 Å². The van der Waals surface area contributed by atoms with Crippen molar-refractivity contribution in [3.63, 3.8) is 0 Å². The number of likely N-dealkylation sites (N-methyl/N-ethyl adjacent to an activating group) is 1. The smallest absolute Gasteiger partial charge is 0.0212 e. The molecule has 1 atom stereocenters. The van der Waals surface area contributed by atoms with Crippen molar-refractivity contribution in [2.45, 2.75) is 32.9 Å². The summed E-state index contributed by atoms with van der Waals surface area (Å²) in [5.74, 6) is 0. The minimum absolute atomic E-state index is 0. The molecule has 1 rings (SSSR count). The minimum Gasteiger partial charge on any atom is -0.311 e. The van der Waals surface area contributed by atoms with Crippen LogP contribution in [0, 0.1) is 6.92 Å². The largest absolute Gasteiger partial charge is 0.311 e. The molecular weight excluding hydrogens is 232 g/mol. The van der Waals surface area contributed by atoms with Crippen molar-refractivity contribution in [1.29, 1.82) is 0 Å². The molecule has 0 saturated carbocycles. The normalized spacial score (nSPS) is 12.3. The maximum atomic E-state index is 3.52. The van der Waals surface area contributed by atoms with Gasteiger partial charge in [-0.05, 0) is 33.0 Å². The van der Waals surface area contributed by atoms with E-state index < -0.39 is 0 Å². The molecule has 0 saturated heterocycles. The number of rotatable bonds is 6. The van der Waals surface area contributed by atoms with E-state index in [-0.39, 0.29) is 12.4 Å². The summed E-state index contributed by atoms with van der Waals surface area (Å²) >= 11 is 0. The lowest BCUT2D eigenvalue weighted by Gasteiger charge is -2.23. The first-order chi connectivity index (χ1) is 7.63. The van der Waals surface area contributed by atoms with Gasteiger partial charge in [-0.3, -0.25) is 0 Å². The van der Waals surface area contributed by atoms with E-state index in [1.165, 1.54) is 17.5 Å². The summed E-state index contributed by atoms with van der Waals surface area (Å²) in [4.78, 5) is 2.28. The molecule has 1 aromatic rings. The molecule has 1 N–H and O–H groups in total. The third kappa shape index (κ3) is 6.06. The molecule has 0 bridgehead atoms. The van der Waals surface area contributed by atoms with Crippen molar-refractivity contribution < 1.29 is 0 Å². The lowest BCUT2D eigenvalue weighted by atomic mass is 10.1. The number of benzene rings is 1. The van der Waals surface area contributed by atoms with Crippen LogP contribution in [0.5, 0.6) is 0 Å². The van der Waals surface area contributed by atoms with Crippen molar-refractivity contribution in [1.82, 2.24) is 10.2 Å². The van der Waals surface area contributed by atoms with Crippen LogP contribution in [0.25, 0.3) is 0 Å². The predicted molar refractivity (Wildman–Crippen MR) is 77.9 cm³/mol. The van der Waals surface area contributed by atoms with E-state index in [2.05, 4.69) is 62.4 Å².